The molecule has 1 rings (SSSR count). The standard InChI is InChI=1S/C16H27NO2/c1-10-9-13(19-8)11(2)12(3)14(10)15(17(6)7)16(4,5)18/h9,15,18H,1-8H3. The van der Waals surface area contributed by atoms with Crippen LogP contribution in [0.25, 0.3) is 0 Å². The number of hydrogen-bond acceptors (Lipinski definition) is 3. The Morgan fingerprint density at radius 2 is 1.68 bits per heavy atom. The summed E-state index contributed by atoms with van der Waals surface area (Å²) in [6, 6.07) is 2.01. The van der Waals surface area contributed by atoms with Gasteiger partial charge in [-0.1, -0.05) is 0 Å². The van der Waals surface area contributed by atoms with Crippen LogP contribution in [0.15, 0.2) is 6.07 Å². The summed E-state index contributed by atoms with van der Waals surface area (Å²) in [5, 5.41) is 10.5. The van der Waals surface area contributed by atoms with Crippen molar-refractivity contribution >= 4 is 0 Å². The van der Waals surface area contributed by atoms with Gasteiger partial charge in [-0.3, -0.25) is 4.90 Å². The van der Waals surface area contributed by atoms with Crippen molar-refractivity contribution in [2.75, 3.05) is 21.2 Å². The SMILES string of the molecule is COc1cc(C)c(C(N(C)C)C(C)(C)O)c(C)c1C. The third-order valence-corrected chi connectivity index (χ3v) is 3.79. The molecule has 0 fully saturated rings. The van der Waals surface area contributed by atoms with Crippen LogP contribution >= 0.6 is 0 Å². The minimum absolute atomic E-state index is 0.0443. The number of benzene rings is 1. The van der Waals surface area contributed by atoms with Crippen LogP contribution in [-0.4, -0.2) is 36.8 Å². The fourth-order valence-electron chi connectivity index (χ4n) is 2.94. The average molecular weight is 265 g/mol. The monoisotopic (exact) mass is 265 g/mol. The first-order chi connectivity index (χ1) is 8.61. The maximum absolute atomic E-state index is 10.5. The second-order valence-electron chi connectivity index (χ2n) is 6.08. The Hall–Kier alpha value is -1.06. The molecular formula is C16H27NO2. The Morgan fingerprint density at radius 1 is 1.16 bits per heavy atom. The molecule has 0 aliphatic carbocycles. The van der Waals surface area contributed by atoms with E-state index < -0.39 is 5.60 Å². The maximum atomic E-state index is 10.5. The highest BCUT2D eigenvalue weighted by Crippen LogP contribution is 2.38. The molecule has 0 bridgehead atoms. The van der Waals surface area contributed by atoms with Gasteiger partial charge in [0.05, 0.1) is 18.8 Å². The van der Waals surface area contributed by atoms with E-state index in [4.69, 9.17) is 4.74 Å². The zero-order valence-electron chi connectivity index (χ0n) is 13.5. The first-order valence-corrected chi connectivity index (χ1v) is 6.64. The molecule has 3 heteroatoms. The van der Waals surface area contributed by atoms with Gasteiger partial charge in [-0.25, -0.2) is 0 Å². The summed E-state index contributed by atoms with van der Waals surface area (Å²) in [5.41, 5.74) is 3.87. The Balaban J connectivity index is 3.53. The van der Waals surface area contributed by atoms with Gasteiger partial charge in [-0.15, -0.1) is 0 Å². The van der Waals surface area contributed by atoms with E-state index in [0.717, 1.165) is 16.9 Å². The Labute approximate surface area is 117 Å². The Kier molecular flexibility index (Phi) is 4.64. The Bertz CT molecular complexity index is 459. The van der Waals surface area contributed by atoms with E-state index in [9.17, 15) is 5.11 Å². The van der Waals surface area contributed by atoms with Crippen molar-refractivity contribution in [3.8, 4) is 5.75 Å². The van der Waals surface area contributed by atoms with Gasteiger partial charge in [0.15, 0.2) is 0 Å². The van der Waals surface area contributed by atoms with Crippen LogP contribution in [0.5, 0.6) is 5.75 Å². The first-order valence-electron chi connectivity index (χ1n) is 6.64. The predicted octanol–water partition coefficient (Wildman–Crippen LogP) is 2.99. The number of ether oxygens (including phenoxy) is 1. The summed E-state index contributed by atoms with van der Waals surface area (Å²) in [4.78, 5) is 2.07. The maximum Gasteiger partial charge on any atom is 0.122 e. The van der Waals surface area contributed by atoms with Gasteiger partial charge in [-0.2, -0.15) is 0 Å². The highest BCUT2D eigenvalue weighted by Gasteiger charge is 2.33. The largest absolute Gasteiger partial charge is 0.496 e. The van der Waals surface area contributed by atoms with E-state index in [2.05, 4.69) is 31.7 Å². The van der Waals surface area contributed by atoms with Crippen molar-refractivity contribution in [2.45, 2.75) is 46.3 Å². The molecular weight excluding hydrogens is 238 g/mol. The second kappa shape index (κ2) is 5.51. The van der Waals surface area contributed by atoms with Crippen molar-refractivity contribution in [1.29, 1.82) is 0 Å². The zero-order valence-corrected chi connectivity index (χ0v) is 13.5. The van der Waals surface area contributed by atoms with Crippen molar-refractivity contribution in [3.05, 3.63) is 28.3 Å². The van der Waals surface area contributed by atoms with Crippen LogP contribution in [0, 0.1) is 20.8 Å². The van der Waals surface area contributed by atoms with Crippen molar-refractivity contribution in [1.82, 2.24) is 4.90 Å². The molecule has 0 aliphatic heterocycles. The third kappa shape index (κ3) is 3.10. The van der Waals surface area contributed by atoms with Gasteiger partial charge in [-0.05, 0) is 77.0 Å². The summed E-state index contributed by atoms with van der Waals surface area (Å²) in [5.74, 6) is 0.909. The van der Waals surface area contributed by atoms with Crippen molar-refractivity contribution in [3.63, 3.8) is 0 Å². The molecule has 3 nitrogen and oxygen atoms in total. The highest BCUT2D eigenvalue weighted by atomic mass is 16.5. The quantitative estimate of drug-likeness (QED) is 0.908. The van der Waals surface area contributed by atoms with Gasteiger partial charge >= 0.3 is 0 Å². The van der Waals surface area contributed by atoms with Gasteiger partial charge in [0, 0.05) is 0 Å². The number of aliphatic hydroxyl groups is 1. The molecule has 0 heterocycles. The summed E-state index contributed by atoms with van der Waals surface area (Å²) < 4.78 is 5.41. The van der Waals surface area contributed by atoms with E-state index in [-0.39, 0.29) is 6.04 Å². The van der Waals surface area contributed by atoms with E-state index in [1.807, 2.05) is 27.9 Å². The summed E-state index contributed by atoms with van der Waals surface area (Å²) in [6.45, 7) is 9.95. The molecule has 108 valence electrons. The molecule has 0 saturated carbocycles. The molecule has 0 spiro atoms. The molecule has 1 atom stereocenters. The molecule has 19 heavy (non-hydrogen) atoms. The van der Waals surface area contributed by atoms with Gasteiger partial charge < -0.3 is 9.84 Å². The average Bonchev–Trinajstić information content (AvgIpc) is 2.26. The second-order valence-corrected chi connectivity index (χ2v) is 6.08. The topological polar surface area (TPSA) is 32.7 Å². The zero-order chi connectivity index (χ0) is 15.0. The minimum Gasteiger partial charge on any atom is -0.496 e. The molecule has 1 N–H and O–H groups in total. The molecule has 0 amide bonds. The molecule has 1 unspecified atom stereocenters. The fraction of sp³-hybridized carbons (Fsp3) is 0.625. The predicted molar refractivity (Wildman–Crippen MR) is 79.9 cm³/mol. The summed E-state index contributed by atoms with van der Waals surface area (Å²) in [6.07, 6.45) is 0. The van der Waals surface area contributed by atoms with Crippen molar-refractivity contribution in [2.24, 2.45) is 0 Å². The third-order valence-electron chi connectivity index (χ3n) is 3.79. The smallest absolute Gasteiger partial charge is 0.122 e. The van der Waals surface area contributed by atoms with Crippen LogP contribution < -0.4 is 4.74 Å². The van der Waals surface area contributed by atoms with Crippen LogP contribution in [-0.2, 0) is 0 Å². The molecule has 1 aromatic carbocycles. The lowest BCUT2D eigenvalue weighted by atomic mass is 9.84. The van der Waals surface area contributed by atoms with Crippen LogP contribution in [0.4, 0.5) is 0 Å². The molecule has 0 radical (unpaired) electrons. The van der Waals surface area contributed by atoms with E-state index in [1.54, 1.807) is 7.11 Å². The van der Waals surface area contributed by atoms with Crippen molar-refractivity contribution < 1.29 is 9.84 Å². The first kappa shape index (κ1) is 16.0. The summed E-state index contributed by atoms with van der Waals surface area (Å²) in [7, 11) is 5.70. The minimum atomic E-state index is -0.806. The number of nitrogens with zero attached hydrogens (tertiary/aromatic N) is 1. The molecule has 0 aliphatic rings. The van der Waals surface area contributed by atoms with Gasteiger partial charge in [0.25, 0.3) is 0 Å². The van der Waals surface area contributed by atoms with E-state index in [0.29, 0.717) is 0 Å². The number of methoxy groups -OCH3 is 1. The lowest BCUT2D eigenvalue weighted by Crippen LogP contribution is -2.39. The lowest BCUT2D eigenvalue weighted by Gasteiger charge is -2.37. The van der Waals surface area contributed by atoms with Gasteiger partial charge in [0.2, 0.25) is 0 Å². The van der Waals surface area contributed by atoms with Crippen LogP contribution in [0.3, 0.4) is 0 Å². The number of hydrogen-bond donors (Lipinski definition) is 1. The molecule has 0 saturated heterocycles. The van der Waals surface area contributed by atoms with Crippen LogP contribution in [0.1, 0.15) is 42.1 Å². The summed E-state index contributed by atoms with van der Waals surface area (Å²) >= 11 is 0. The molecule has 1 aromatic rings. The number of aryl methyl sites for hydroxylation is 1. The lowest BCUT2D eigenvalue weighted by molar-refractivity contribution is -0.00375. The normalized spacial score (nSPS) is 13.8. The fourth-order valence-corrected chi connectivity index (χ4v) is 2.94. The van der Waals surface area contributed by atoms with E-state index in [1.165, 1.54) is 11.1 Å². The van der Waals surface area contributed by atoms with Crippen LogP contribution in [0.2, 0.25) is 0 Å². The Morgan fingerprint density at radius 3 is 2.05 bits per heavy atom. The van der Waals surface area contributed by atoms with Gasteiger partial charge in [0.1, 0.15) is 5.75 Å². The number of rotatable bonds is 4. The van der Waals surface area contributed by atoms with E-state index >= 15 is 0 Å². The molecule has 0 aromatic heterocycles. The highest BCUT2D eigenvalue weighted by molar-refractivity contribution is 5.50. The number of likely N-dealkylation sites (N-methyl/N-ethyl adjacent to an activating group) is 1.